The zero-order valence-corrected chi connectivity index (χ0v) is 75.1. The van der Waals surface area contributed by atoms with Crippen LogP contribution < -0.4 is 41.2 Å². The monoisotopic (exact) mass is 1550 g/mol. The van der Waals surface area contributed by atoms with Crippen LogP contribution in [0.2, 0.25) is 0 Å². The van der Waals surface area contributed by atoms with Crippen LogP contribution >= 0.6 is 11.5 Å². The number of aromatic nitrogens is 13. The van der Waals surface area contributed by atoms with Gasteiger partial charge in [0.1, 0.15) is 35.3 Å². The van der Waals surface area contributed by atoms with Crippen LogP contribution in [-0.2, 0) is 56.8 Å². The van der Waals surface area contributed by atoms with Crippen molar-refractivity contribution in [3.8, 4) is 17.0 Å². The number of tetrazole rings is 1. The van der Waals surface area contributed by atoms with Gasteiger partial charge in [0.15, 0.2) is 70.9 Å². The molecule has 9 heterocycles. The Balaban J connectivity index is 0.000000199. The molecule has 113 heavy (non-hydrogen) atoms. The number of hydrogen-bond acceptors (Lipinski definition) is 7. The summed E-state index contributed by atoms with van der Waals surface area (Å²) >= 11 is 1.75. The van der Waals surface area contributed by atoms with Crippen LogP contribution in [0.15, 0.2) is 275 Å². The minimum Gasteiger partial charge on any atom is -0.244 e. The molecule has 0 amide bonds. The van der Waals surface area contributed by atoms with Crippen molar-refractivity contribution in [2.45, 2.75) is 257 Å². The number of aryl methyl sites for hydroxylation is 4. The lowest BCUT2D eigenvalue weighted by Gasteiger charge is -2.16. The molecule has 0 aliphatic heterocycles. The summed E-state index contributed by atoms with van der Waals surface area (Å²) in [7, 11) is 2.14. The molecule has 0 aliphatic carbocycles. The Kier molecular flexibility index (Phi) is 31.6. The molecular formula is C96H136N13O3S+9. The summed E-state index contributed by atoms with van der Waals surface area (Å²) in [4.78, 5) is 8.00. The van der Waals surface area contributed by atoms with Gasteiger partial charge < -0.3 is 0 Å². The van der Waals surface area contributed by atoms with Gasteiger partial charge in [-0.3, -0.25) is 0 Å². The van der Waals surface area contributed by atoms with Crippen LogP contribution in [0.5, 0.6) is 0 Å². The van der Waals surface area contributed by atoms with Gasteiger partial charge in [0, 0.05) is 247 Å². The molecule has 14 rings (SSSR count). The molecule has 0 bridgehead atoms. The molecule has 17 heteroatoms. The second kappa shape index (κ2) is 39.0. The van der Waals surface area contributed by atoms with Crippen LogP contribution in [0.4, 0.5) is 0 Å². The van der Waals surface area contributed by atoms with E-state index in [1.54, 1.807) is 28.9 Å². The second-order valence-corrected chi connectivity index (χ2v) is 38.1. The number of rotatable bonds is 2. The number of fused-ring (bicyclic) bond motifs is 3. The topological polar surface area (TPSA) is 118 Å². The first kappa shape index (κ1) is 91.6. The van der Waals surface area contributed by atoms with Crippen molar-refractivity contribution in [1.29, 1.82) is 0 Å². The normalized spacial score (nSPS) is 11.8. The van der Waals surface area contributed by atoms with Crippen molar-refractivity contribution in [2.24, 2.45) is 7.05 Å². The summed E-state index contributed by atoms with van der Waals surface area (Å²) in [5.74, 6) is 1.89. The lowest BCUT2D eigenvalue weighted by atomic mass is 9.90. The van der Waals surface area contributed by atoms with E-state index in [1.165, 1.54) is 38.7 Å². The number of benzene rings is 5. The maximum atomic E-state index is 5.88. The summed E-state index contributed by atoms with van der Waals surface area (Å²) in [6, 6.07) is 68.2. The molecular weight excluding hydrogens is 1420 g/mol. The molecule has 16 nitrogen and oxygen atoms in total. The van der Waals surface area contributed by atoms with Crippen LogP contribution in [0.3, 0.4) is 0 Å². The summed E-state index contributed by atoms with van der Waals surface area (Å²) in [5.41, 5.74) is 11.6. The molecule has 0 saturated carbocycles. The third kappa shape index (κ3) is 28.1. The highest BCUT2D eigenvalue weighted by atomic mass is 32.1. The minimum absolute atomic E-state index is 0.0168. The van der Waals surface area contributed by atoms with E-state index in [2.05, 4.69) is 379 Å². The fourth-order valence-electron chi connectivity index (χ4n) is 12.1. The van der Waals surface area contributed by atoms with Crippen molar-refractivity contribution in [3.63, 3.8) is 0 Å². The van der Waals surface area contributed by atoms with Crippen LogP contribution in [0, 0.1) is 20.8 Å². The Hall–Kier alpha value is -10.3. The zero-order chi connectivity index (χ0) is 84.1. The van der Waals surface area contributed by atoms with Crippen molar-refractivity contribution < 1.29 is 54.8 Å². The molecule has 0 atom stereocenters. The van der Waals surface area contributed by atoms with Gasteiger partial charge in [-0.05, 0) is 87.4 Å². The highest BCUT2D eigenvalue weighted by molar-refractivity contribution is 6.99. The fourth-order valence-corrected chi connectivity index (χ4v) is 12.8. The molecule has 0 aliphatic rings. The first-order valence-electron chi connectivity index (χ1n) is 39.4. The number of para-hydroxylation sites is 5. The average Bonchev–Trinajstić information content (AvgIpc) is 1.26. The molecule has 5 aromatic carbocycles. The van der Waals surface area contributed by atoms with Gasteiger partial charge in [-0.2, -0.15) is 13.7 Å². The van der Waals surface area contributed by atoms with Crippen LogP contribution in [0.1, 0.15) is 210 Å². The molecule has 0 saturated heterocycles. The van der Waals surface area contributed by atoms with Crippen LogP contribution in [0.25, 0.3) is 49.9 Å². The minimum atomic E-state index is -0.0770. The van der Waals surface area contributed by atoms with E-state index in [0.29, 0.717) is 0 Å². The van der Waals surface area contributed by atoms with E-state index < -0.39 is 0 Å². The quantitative estimate of drug-likeness (QED) is 0.159. The summed E-state index contributed by atoms with van der Waals surface area (Å²) in [6.07, 6.45) is 17.5. The molecule has 0 fully saturated rings. The Bertz CT molecular complexity index is 4990. The van der Waals surface area contributed by atoms with Gasteiger partial charge in [0.05, 0.1) is 28.8 Å². The van der Waals surface area contributed by atoms with Gasteiger partial charge in [0.25, 0.3) is 6.33 Å². The molecule has 0 radical (unpaired) electrons. The summed E-state index contributed by atoms with van der Waals surface area (Å²) < 4.78 is 33.4. The Morgan fingerprint density at radius 1 is 0.398 bits per heavy atom. The maximum Gasteiger partial charge on any atom is 0.297 e. The third-order valence-corrected chi connectivity index (χ3v) is 18.7. The van der Waals surface area contributed by atoms with Crippen molar-refractivity contribution in [3.05, 3.63) is 284 Å². The maximum absolute atomic E-state index is 5.88. The summed E-state index contributed by atoms with van der Waals surface area (Å²) in [6.45, 7) is 64.6. The SMILES string of the molecule is CC(C)(C)[n+]1cccc2ccccc21.CC(C)(C)[n+]1ccccc1.CC(C)(C)[n+]1ccco1.CC(C)(C)[n+]1cccs1.CC(C)(C)[n+]1ccnc2ccccc21.CC(C)(C)[n+]1ncnn1-c1ccccc1.C[n+]1c(C(C)(C)C)ccc2ccccc21.Cc1cc(-c2ccccc2)o[n+]1C(C)(C)C.Cc1cc(C)[n+](C(C)(C)C)o1. The van der Waals surface area contributed by atoms with Gasteiger partial charge in [-0.1, -0.05) is 112 Å². The fraction of sp³-hybridized carbons (Fsp3) is 0.417. The molecule has 600 valence electrons. The lowest BCUT2D eigenvalue weighted by molar-refractivity contribution is -0.911. The molecule has 0 unspecified atom stereocenters. The summed E-state index contributed by atoms with van der Waals surface area (Å²) in [5, 5.41) is 13.1. The number of hydrogen-bond donors (Lipinski definition) is 0. The number of nitrogens with zero attached hydrogens (tertiary/aromatic N) is 13. The van der Waals surface area contributed by atoms with Gasteiger partial charge in [-0.25, -0.2) is 23.1 Å². The molecule has 0 spiro atoms. The van der Waals surface area contributed by atoms with E-state index in [4.69, 9.17) is 13.6 Å². The van der Waals surface area contributed by atoms with E-state index in [0.717, 1.165) is 34.0 Å². The van der Waals surface area contributed by atoms with Crippen LogP contribution in [-0.4, -0.2) is 20.0 Å². The van der Waals surface area contributed by atoms with Gasteiger partial charge in [0.2, 0.25) is 56.5 Å². The zero-order valence-electron chi connectivity index (χ0n) is 74.3. The van der Waals surface area contributed by atoms with E-state index in [9.17, 15) is 0 Å². The first-order valence-corrected chi connectivity index (χ1v) is 40.2. The highest BCUT2D eigenvalue weighted by Crippen LogP contribution is 2.23. The molecule has 0 N–H and O–H groups in total. The van der Waals surface area contributed by atoms with Gasteiger partial charge in [-0.15, -0.1) is 3.96 Å². The average molecular weight is 1550 g/mol. The standard InChI is InChI=1S/C14H18NO.C14H18N.C13H16N.C12H15N2.C11H15N4.C9H16NO.C9H14N.C7H12NO.C7H12NS/c1-11-10-13(12-8-6-5-7-9-12)16-15(11)14(2,3)4;1-14(2,3)13-10-9-11-7-5-6-8-12(11)15(13)4;1-13(2,3)14-10-6-8-11-7-4-5-9-12(11)14;1-12(2,3)14-9-8-13-10-6-4-5-7-11(10)14;1-11(2,3)15-13-9-12-14(15)10-7-5-4-6-8-10;1-7-6-8(2)11-10(7)9(3,4)5;1-9(2,3)10-7-5-4-6-8-10;2*1-7(2,3)8-5-4-6-9-8/h5-10H,1-4H3;5-10H,1-4H3;4-10H,1-3H3;4-9H,1-3H3;4-9H,1-3H3;6H,1-5H3;4-8H,1-3H3;2*4-6H,1-3H3/q9*+1. The third-order valence-electron chi connectivity index (χ3n) is 17.5. The molecule has 14 aromatic rings. The Labute approximate surface area is 681 Å². The number of pyridine rings is 3. The highest BCUT2D eigenvalue weighted by Gasteiger charge is 2.33. The van der Waals surface area contributed by atoms with Crippen molar-refractivity contribution in [1.82, 2.24) is 20.0 Å². The van der Waals surface area contributed by atoms with E-state index >= 15 is 0 Å². The lowest BCUT2D eigenvalue weighted by Crippen LogP contribution is -2.58. The molecule has 9 aromatic heterocycles. The first-order chi connectivity index (χ1) is 52.5. The largest absolute Gasteiger partial charge is 0.297 e. The Morgan fingerprint density at radius 2 is 0.903 bits per heavy atom. The van der Waals surface area contributed by atoms with Gasteiger partial charge >= 0.3 is 0 Å². The predicted octanol–water partition coefficient (Wildman–Crippen LogP) is 19.5. The smallest absolute Gasteiger partial charge is 0.244 e. The van der Waals surface area contributed by atoms with E-state index in [-0.39, 0.29) is 49.7 Å². The second-order valence-electron chi connectivity index (χ2n) is 37.2. The van der Waals surface area contributed by atoms with Crippen molar-refractivity contribution >= 4 is 44.4 Å². The predicted molar refractivity (Wildman–Crippen MR) is 459 cm³/mol. The Morgan fingerprint density at radius 3 is 1.35 bits per heavy atom. The van der Waals surface area contributed by atoms with E-state index in [1.807, 2.05) is 142 Å². The van der Waals surface area contributed by atoms with Crippen molar-refractivity contribution in [2.75, 3.05) is 0 Å².